The number of nitrogens with zero attached hydrogens (tertiary/aromatic N) is 2. The molecule has 0 bridgehead atoms. The van der Waals surface area contributed by atoms with E-state index >= 15 is 0 Å². The zero-order valence-corrected chi connectivity index (χ0v) is 10.1. The number of benzene rings is 1. The molecule has 8 heteroatoms. The zero-order valence-electron chi connectivity index (χ0n) is 9.33. The third-order valence-electron chi connectivity index (χ3n) is 2.10. The lowest BCUT2D eigenvalue weighted by Crippen LogP contribution is -2.29. The minimum absolute atomic E-state index is 0.0621. The molecule has 0 saturated carbocycles. The summed E-state index contributed by atoms with van der Waals surface area (Å²) in [6.45, 7) is -0.429. The Kier molecular flexibility index (Phi) is 4.61. The maximum absolute atomic E-state index is 11.1. The summed E-state index contributed by atoms with van der Waals surface area (Å²) in [4.78, 5) is 33.0. The van der Waals surface area contributed by atoms with Crippen LogP contribution >= 0.6 is 11.6 Å². The maximum Gasteiger partial charge on any atom is 0.325 e. The van der Waals surface area contributed by atoms with Crippen molar-refractivity contribution in [2.75, 3.05) is 18.6 Å². The van der Waals surface area contributed by atoms with Crippen LogP contribution in [0.2, 0.25) is 5.02 Å². The number of carbonyl (C=O) groups excluding carboxylic acids is 2. The number of rotatable bonds is 5. The van der Waals surface area contributed by atoms with Crippen LogP contribution in [0.4, 0.5) is 11.4 Å². The molecule has 0 aliphatic rings. The molecule has 0 unspecified atom stereocenters. The summed E-state index contributed by atoms with van der Waals surface area (Å²) in [7, 11) is 1.15. The van der Waals surface area contributed by atoms with E-state index < -0.39 is 17.4 Å². The first-order valence-corrected chi connectivity index (χ1v) is 5.10. The van der Waals surface area contributed by atoms with E-state index in [-0.39, 0.29) is 16.4 Å². The van der Waals surface area contributed by atoms with Crippen LogP contribution in [0.5, 0.6) is 0 Å². The standard InChI is InChI=1S/C10H9ClN2O5/c1-18-10(15)5-12(6-14)9-4-7(11)2-3-8(9)13(16)17/h2-4,6H,5H2,1H3. The first-order chi connectivity index (χ1) is 8.49. The largest absolute Gasteiger partial charge is 0.468 e. The topological polar surface area (TPSA) is 89.8 Å². The van der Waals surface area contributed by atoms with Gasteiger partial charge in [-0.2, -0.15) is 0 Å². The van der Waals surface area contributed by atoms with E-state index in [0.717, 1.165) is 18.1 Å². The number of hydrogen-bond acceptors (Lipinski definition) is 5. The summed E-state index contributed by atoms with van der Waals surface area (Å²) in [6, 6.07) is 3.72. The highest BCUT2D eigenvalue weighted by molar-refractivity contribution is 6.31. The summed E-state index contributed by atoms with van der Waals surface area (Å²) < 4.78 is 4.39. The molecule has 1 aromatic rings. The van der Waals surface area contributed by atoms with Gasteiger partial charge in [0.05, 0.1) is 12.0 Å². The predicted molar refractivity (Wildman–Crippen MR) is 63.5 cm³/mol. The molecule has 18 heavy (non-hydrogen) atoms. The highest BCUT2D eigenvalue weighted by Crippen LogP contribution is 2.30. The summed E-state index contributed by atoms with van der Waals surface area (Å²) >= 11 is 5.71. The van der Waals surface area contributed by atoms with Gasteiger partial charge in [0.1, 0.15) is 12.2 Å². The Balaban J connectivity index is 3.18. The molecule has 0 radical (unpaired) electrons. The summed E-state index contributed by atoms with van der Waals surface area (Å²) in [5.74, 6) is -0.698. The molecule has 0 fully saturated rings. The third-order valence-corrected chi connectivity index (χ3v) is 2.33. The van der Waals surface area contributed by atoms with Gasteiger partial charge in [-0.3, -0.25) is 24.6 Å². The van der Waals surface area contributed by atoms with E-state index in [0.29, 0.717) is 6.41 Å². The molecule has 0 aliphatic heterocycles. The SMILES string of the molecule is COC(=O)CN(C=O)c1cc(Cl)ccc1[N+](=O)[O-]. The fraction of sp³-hybridized carbons (Fsp3) is 0.200. The van der Waals surface area contributed by atoms with E-state index in [2.05, 4.69) is 4.74 Å². The Labute approximate surface area is 107 Å². The number of ether oxygens (including phenoxy) is 1. The number of nitro groups is 1. The molecule has 0 aromatic heterocycles. The molecule has 0 spiro atoms. The number of anilines is 1. The summed E-state index contributed by atoms with van der Waals surface area (Å²) in [5, 5.41) is 11.0. The van der Waals surface area contributed by atoms with Crippen molar-refractivity contribution < 1.29 is 19.2 Å². The lowest BCUT2D eigenvalue weighted by Gasteiger charge is -2.15. The van der Waals surface area contributed by atoms with Crippen LogP contribution in [-0.4, -0.2) is 31.0 Å². The van der Waals surface area contributed by atoms with E-state index in [1.54, 1.807) is 0 Å². The molecule has 1 amide bonds. The molecule has 0 aliphatic carbocycles. The Morgan fingerprint density at radius 2 is 2.28 bits per heavy atom. The maximum atomic E-state index is 11.1. The van der Waals surface area contributed by atoms with Gasteiger partial charge in [-0.25, -0.2) is 0 Å². The van der Waals surface area contributed by atoms with Crippen LogP contribution in [0.1, 0.15) is 0 Å². The molecular weight excluding hydrogens is 264 g/mol. The Morgan fingerprint density at radius 3 is 2.78 bits per heavy atom. The molecule has 0 saturated heterocycles. The van der Waals surface area contributed by atoms with Crippen molar-refractivity contribution >= 4 is 35.4 Å². The minimum atomic E-state index is -0.698. The van der Waals surface area contributed by atoms with Gasteiger partial charge in [0.25, 0.3) is 5.69 Å². The zero-order chi connectivity index (χ0) is 13.7. The van der Waals surface area contributed by atoms with Gasteiger partial charge < -0.3 is 4.74 Å². The molecule has 1 rings (SSSR count). The van der Waals surface area contributed by atoms with Crippen LogP contribution in [0.15, 0.2) is 18.2 Å². The Morgan fingerprint density at radius 1 is 1.61 bits per heavy atom. The van der Waals surface area contributed by atoms with Crippen LogP contribution in [-0.2, 0) is 14.3 Å². The van der Waals surface area contributed by atoms with Crippen molar-refractivity contribution in [2.45, 2.75) is 0 Å². The number of esters is 1. The lowest BCUT2D eigenvalue weighted by atomic mass is 10.2. The van der Waals surface area contributed by atoms with Gasteiger partial charge in [0, 0.05) is 11.1 Å². The van der Waals surface area contributed by atoms with Crippen LogP contribution in [0.3, 0.4) is 0 Å². The molecule has 0 atom stereocenters. The van der Waals surface area contributed by atoms with Gasteiger partial charge in [-0.15, -0.1) is 0 Å². The fourth-order valence-electron chi connectivity index (χ4n) is 1.26. The van der Waals surface area contributed by atoms with Gasteiger partial charge in [0.2, 0.25) is 6.41 Å². The molecule has 7 nitrogen and oxygen atoms in total. The number of amides is 1. The summed E-state index contributed by atoms with van der Waals surface area (Å²) in [5.41, 5.74) is -0.386. The van der Waals surface area contributed by atoms with Crippen LogP contribution in [0, 0.1) is 10.1 Å². The van der Waals surface area contributed by atoms with E-state index in [4.69, 9.17) is 11.6 Å². The number of hydrogen-bond donors (Lipinski definition) is 0. The number of halogens is 1. The monoisotopic (exact) mass is 272 g/mol. The second-order valence-corrected chi connectivity index (χ2v) is 3.64. The van der Waals surface area contributed by atoms with Crippen molar-refractivity contribution in [1.29, 1.82) is 0 Å². The second-order valence-electron chi connectivity index (χ2n) is 3.20. The number of methoxy groups -OCH3 is 1. The Hall–Kier alpha value is -2.15. The molecular formula is C10H9ClN2O5. The second kappa shape index (κ2) is 5.97. The van der Waals surface area contributed by atoms with Crippen LogP contribution in [0.25, 0.3) is 0 Å². The quantitative estimate of drug-likeness (QED) is 0.350. The average Bonchev–Trinajstić information content (AvgIpc) is 2.35. The van der Waals surface area contributed by atoms with Gasteiger partial charge in [-0.1, -0.05) is 11.6 Å². The van der Waals surface area contributed by atoms with Crippen molar-refractivity contribution in [3.05, 3.63) is 33.3 Å². The van der Waals surface area contributed by atoms with E-state index in [1.165, 1.54) is 12.1 Å². The highest BCUT2D eigenvalue weighted by Gasteiger charge is 2.21. The van der Waals surface area contributed by atoms with Gasteiger partial charge in [0.15, 0.2) is 0 Å². The fourth-order valence-corrected chi connectivity index (χ4v) is 1.43. The van der Waals surface area contributed by atoms with Gasteiger partial charge >= 0.3 is 5.97 Å². The normalized spacial score (nSPS) is 9.67. The lowest BCUT2D eigenvalue weighted by molar-refractivity contribution is -0.384. The number of carbonyl (C=O) groups is 2. The minimum Gasteiger partial charge on any atom is -0.468 e. The number of nitro benzene ring substituents is 1. The predicted octanol–water partition coefficient (Wildman–Crippen LogP) is 1.38. The first kappa shape index (κ1) is 13.9. The third kappa shape index (κ3) is 3.17. The summed E-state index contributed by atoms with van der Waals surface area (Å²) in [6.07, 6.45) is 0.301. The van der Waals surface area contributed by atoms with Crippen molar-refractivity contribution in [3.8, 4) is 0 Å². The molecule has 0 heterocycles. The van der Waals surface area contributed by atoms with Gasteiger partial charge in [-0.05, 0) is 12.1 Å². The Bertz CT molecular complexity index is 491. The first-order valence-electron chi connectivity index (χ1n) is 4.72. The molecule has 96 valence electrons. The highest BCUT2D eigenvalue weighted by atomic mass is 35.5. The molecule has 0 N–H and O–H groups in total. The average molecular weight is 273 g/mol. The molecule has 1 aromatic carbocycles. The van der Waals surface area contributed by atoms with E-state index in [1.807, 2.05) is 0 Å². The van der Waals surface area contributed by atoms with Crippen LogP contribution < -0.4 is 4.90 Å². The van der Waals surface area contributed by atoms with Crippen molar-refractivity contribution in [1.82, 2.24) is 0 Å². The van der Waals surface area contributed by atoms with Crippen molar-refractivity contribution in [2.24, 2.45) is 0 Å². The smallest absolute Gasteiger partial charge is 0.325 e. The van der Waals surface area contributed by atoms with E-state index in [9.17, 15) is 19.7 Å². The van der Waals surface area contributed by atoms with Crippen molar-refractivity contribution in [3.63, 3.8) is 0 Å².